The Kier molecular flexibility index (Phi) is 4.37. The molecule has 9 heteroatoms. The quantitative estimate of drug-likeness (QED) is 0.786. The summed E-state index contributed by atoms with van der Waals surface area (Å²) in [5, 5.41) is 9.61. The highest BCUT2D eigenvalue weighted by Gasteiger charge is 2.27. The van der Waals surface area contributed by atoms with Crippen LogP contribution in [0.15, 0.2) is 11.6 Å². The molecular formula is C14H17N5O3S. The molecule has 3 rings (SSSR count). The van der Waals surface area contributed by atoms with Gasteiger partial charge in [-0.05, 0) is 31.3 Å². The molecule has 1 aliphatic rings. The van der Waals surface area contributed by atoms with Crippen LogP contribution in [0.1, 0.15) is 45.4 Å². The van der Waals surface area contributed by atoms with E-state index in [4.69, 9.17) is 0 Å². The summed E-state index contributed by atoms with van der Waals surface area (Å²) in [6, 6.07) is 0.131. The SMILES string of the molecule is COC(=O)c1cn(C2CCN(C(=O)c3csnc3C)CC2)nn1. The van der Waals surface area contributed by atoms with Gasteiger partial charge in [-0.25, -0.2) is 9.48 Å². The van der Waals surface area contributed by atoms with Crippen LogP contribution in [0.5, 0.6) is 0 Å². The van der Waals surface area contributed by atoms with Crippen molar-refractivity contribution in [2.24, 2.45) is 0 Å². The average molecular weight is 335 g/mol. The van der Waals surface area contributed by atoms with Crippen LogP contribution in [0.2, 0.25) is 0 Å². The average Bonchev–Trinajstić information content (AvgIpc) is 3.23. The molecule has 1 fully saturated rings. The second-order valence-electron chi connectivity index (χ2n) is 5.41. The van der Waals surface area contributed by atoms with Gasteiger partial charge in [0.2, 0.25) is 0 Å². The lowest BCUT2D eigenvalue weighted by Crippen LogP contribution is -2.39. The smallest absolute Gasteiger partial charge is 0.360 e. The molecule has 2 aromatic rings. The van der Waals surface area contributed by atoms with Gasteiger partial charge in [0.1, 0.15) is 0 Å². The Bertz CT molecular complexity index is 718. The molecule has 2 aromatic heterocycles. The van der Waals surface area contributed by atoms with Gasteiger partial charge in [0.15, 0.2) is 5.69 Å². The predicted octanol–water partition coefficient (Wildman–Crippen LogP) is 1.31. The number of methoxy groups -OCH3 is 1. The summed E-state index contributed by atoms with van der Waals surface area (Å²) in [4.78, 5) is 25.7. The van der Waals surface area contributed by atoms with Crippen molar-refractivity contribution in [3.05, 3.63) is 28.5 Å². The summed E-state index contributed by atoms with van der Waals surface area (Å²) in [5.41, 5.74) is 1.66. The maximum atomic E-state index is 12.5. The molecule has 0 bridgehead atoms. The number of amides is 1. The Morgan fingerprint density at radius 1 is 1.35 bits per heavy atom. The lowest BCUT2D eigenvalue weighted by Gasteiger charge is -2.31. The predicted molar refractivity (Wildman–Crippen MR) is 82.4 cm³/mol. The third-order valence-corrected chi connectivity index (χ3v) is 4.73. The maximum absolute atomic E-state index is 12.5. The van der Waals surface area contributed by atoms with E-state index in [0.29, 0.717) is 18.7 Å². The Morgan fingerprint density at radius 3 is 2.70 bits per heavy atom. The molecule has 0 aliphatic carbocycles. The van der Waals surface area contributed by atoms with Gasteiger partial charge in [-0.3, -0.25) is 4.79 Å². The van der Waals surface area contributed by atoms with E-state index >= 15 is 0 Å². The number of carbonyl (C=O) groups is 2. The zero-order valence-electron chi connectivity index (χ0n) is 12.9. The summed E-state index contributed by atoms with van der Waals surface area (Å²) in [6.45, 7) is 3.14. The first-order valence-corrected chi connectivity index (χ1v) is 8.14. The third-order valence-electron chi connectivity index (χ3n) is 4.01. The van der Waals surface area contributed by atoms with Gasteiger partial charge in [-0.15, -0.1) is 5.10 Å². The van der Waals surface area contributed by atoms with Crippen molar-refractivity contribution in [1.29, 1.82) is 0 Å². The van der Waals surface area contributed by atoms with Crippen molar-refractivity contribution in [2.45, 2.75) is 25.8 Å². The zero-order valence-corrected chi connectivity index (χ0v) is 13.7. The molecule has 0 atom stereocenters. The lowest BCUT2D eigenvalue weighted by molar-refractivity contribution is 0.0593. The number of carbonyl (C=O) groups excluding carboxylic acids is 2. The van der Waals surface area contributed by atoms with Gasteiger partial charge in [-0.1, -0.05) is 5.21 Å². The highest BCUT2D eigenvalue weighted by Crippen LogP contribution is 2.24. The number of nitrogens with zero attached hydrogens (tertiary/aromatic N) is 5. The Balaban J connectivity index is 1.62. The van der Waals surface area contributed by atoms with E-state index in [0.717, 1.165) is 18.5 Å². The molecule has 0 N–H and O–H groups in total. The Hall–Kier alpha value is -2.29. The van der Waals surface area contributed by atoms with Crippen LogP contribution < -0.4 is 0 Å². The first-order chi connectivity index (χ1) is 11.1. The van der Waals surface area contributed by atoms with Crippen LogP contribution >= 0.6 is 11.5 Å². The van der Waals surface area contributed by atoms with Gasteiger partial charge < -0.3 is 9.64 Å². The fraction of sp³-hybridized carbons (Fsp3) is 0.500. The van der Waals surface area contributed by atoms with Gasteiger partial charge in [0.05, 0.1) is 30.6 Å². The fourth-order valence-corrected chi connectivity index (χ4v) is 3.34. The van der Waals surface area contributed by atoms with Crippen molar-refractivity contribution >= 4 is 23.4 Å². The molecule has 23 heavy (non-hydrogen) atoms. The van der Waals surface area contributed by atoms with E-state index in [2.05, 4.69) is 19.4 Å². The molecule has 0 unspecified atom stereocenters. The molecule has 122 valence electrons. The highest BCUT2D eigenvalue weighted by molar-refractivity contribution is 7.03. The Morgan fingerprint density at radius 2 is 2.09 bits per heavy atom. The number of ether oxygens (including phenoxy) is 1. The van der Waals surface area contributed by atoms with Crippen LogP contribution in [-0.2, 0) is 4.74 Å². The zero-order chi connectivity index (χ0) is 16.4. The molecule has 3 heterocycles. The highest BCUT2D eigenvalue weighted by atomic mass is 32.1. The van der Waals surface area contributed by atoms with Gasteiger partial charge in [-0.2, -0.15) is 4.37 Å². The molecule has 0 saturated carbocycles. The van der Waals surface area contributed by atoms with E-state index in [1.807, 2.05) is 11.8 Å². The first kappa shape index (κ1) is 15.6. The second-order valence-corrected chi connectivity index (χ2v) is 6.04. The molecular weight excluding hydrogens is 318 g/mol. The number of aromatic nitrogens is 4. The molecule has 1 amide bonds. The van der Waals surface area contributed by atoms with Crippen molar-refractivity contribution < 1.29 is 14.3 Å². The number of piperidine rings is 1. The topological polar surface area (TPSA) is 90.2 Å². The van der Waals surface area contributed by atoms with Crippen LogP contribution in [0, 0.1) is 6.92 Å². The minimum Gasteiger partial charge on any atom is -0.464 e. The normalized spacial score (nSPS) is 15.7. The summed E-state index contributed by atoms with van der Waals surface area (Å²) in [5.74, 6) is -0.465. The standard InChI is InChI=1S/C14H17N5O3S/c1-9-11(8-23-16-9)13(20)18-5-3-10(4-6-18)19-7-12(15-17-19)14(21)22-2/h7-8,10H,3-6H2,1-2H3. The Labute approximate surface area is 137 Å². The monoisotopic (exact) mass is 335 g/mol. The summed E-state index contributed by atoms with van der Waals surface area (Å²) in [7, 11) is 1.31. The number of hydrogen-bond donors (Lipinski definition) is 0. The molecule has 0 spiro atoms. The third kappa shape index (κ3) is 3.09. The number of esters is 1. The maximum Gasteiger partial charge on any atom is 0.360 e. The van der Waals surface area contributed by atoms with Crippen LogP contribution in [0.4, 0.5) is 0 Å². The van der Waals surface area contributed by atoms with Crippen molar-refractivity contribution in [3.8, 4) is 0 Å². The largest absolute Gasteiger partial charge is 0.464 e. The van der Waals surface area contributed by atoms with E-state index < -0.39 is 5.97 Å². The molecule has 1 saturated heterocycles. The van der Waals surface area contributed by atoms with Gasteiger partial charge >= 0.3 is 5.97 Å². The van der Waals surface area contributed by atoms with Crippen LogP contribution in [0.3, 0.4) is 0 Å². The molecule has 0 radical (unpaired) electrons. The molecule has 1 aliphatic heterocycles. The summed E-state index contributed by atoms with van der Waals surface area (Å²) in [6.07, 6.45) is 3.14. The minimum atomic E-state index is -0.496. The molecule has 8 nitrogen and oxygen atoms in total. The van der Waals surface area contributed by atoms with Crippen molar-refractivity contribution in [2.75, 3.05) is 20.2 Å². The van der Waals surface area contributed by atoms with E-state index in [1.165, 1.54) is 18.6 Å². The van der Waals surface area contributed by atoms with E-state index in [9.17, 15) is 9.59 Å². The number of hydrogen-bond acceptors (Lipinski definition) is 7. The van der Waals surface area contributed by atoms with Crippen LogP contribution in [0.25, 0.3) is 0 Å². The number of aryl methyl sites for hydroxylation is 1. The number of rotatable bonds is 3. The number of likely N-dealkylation sites (tertiary alicyclic amines) is 1. The first-order valence-electron chi connectivity index (χ1n) is 7.30. The van der Waals surface area contributed by atoms with Gasteiger partial charge in [0, 0.05) is 18.5 Å². The van der Waals surface area contributed by atoms with E-state index in [-0.39, 0.29) is 17.6 Å². The van der Waals surface area contributed by atoms with Gasteiger partial charge in [0.25, 0.3) is 5.91 Å². The second kappa shape index (κ2) is 6.45. The van der Waals surface area contributed by atoms with Crippen molar-refractivity contribution in [3.63, 3.8) is 0 Å². The summed E-state index contributed by atoms with van der Waals surface area (Å²) >= 11 is 1.30. The molecule has 0 aromatic carbocycles. The fourth-order valence-electron chi connectivity index (χ4n) is 2.65. The van der Waals surface area contributed by atoms with Crippen LogP contribution in [-0.4, -0.2) is 56.3 Å². The lowest BCUT2D eigenvalue weighted by atomic mass is 10.0. The minimum absolute atomic E-state index is 0.0311. The van der Waals surface area contributed by atoms with Crippen molar-refractivity contribution in [1.82, 2.24) is 24.3 Å². The van der Waals surface area contributed by atoms with E-state index in [1.54, 1.807) is 16.3 Å². The summed E-state index contributed by atoms with van der Waals surface area (Å²) < 4.78 is 10.5.